The molecular weight excluding hydrogens is 552 g/mol. The van der Waals surface area contributed by atoms with Crippen molar-refractivity contribution in [1.82, 2.24) is 5.32 Å². The summed E-state index contributed by atoms with van der Waals surface area (Å²) in [5, 5.41) is 15.1. The molecule has 0 unspecified atom stereocenters. The Morgan fingerprint density at radius 2 is 1.91 bits per heavy atom. The van der Waals surface area contributed by atoms with Crippen LogP contribution in [0.25, 0.3) is 6.08 Å². The molecule has 0 aromatic heterocycles. The van der Waals surface area contributed by atoms with Crippen molar-refractivity contribution < 1.29 is 23.5 Å². The van der Waals surface area contributed by atoms with E-state index in [0.29, 0.717) is 32.9 Å². The van der Waals surface area contributed by atoms with E-state index >= 15 is 0 Å². The molecule has 0 saturated heterocycles. The van der Waals surface area contributed by atoms with E-state index < -0.39 is 11.7 Å². The molecule has 0 spiro atoms. The number of benzene rings is 2. The van der Waals surface area contributed by atoms with E-state index in [0.717, 1.165) is 25.7 Å². The number of anilines is 1. The lowest BCUT2D eigenvalue weighted by molar-refractivity contribution is -0.118. The number of halogens is 2. The minimum absolute atomic E-state index is 0.0116. The first-order valence-corrected chi connectivity index (χ1v) is 12.0. The molecule has 1 saturated carbocycles. The molecule has 0 heterocycles. The normalized spacial score (nSPS) is 13.8. The van der Waals surface area contributed by atoms with Gasteiger partial charge < -0.3 is 20.1 Å². The summed E-state index contributed by atoms with van der Waals surface area (Å²) in [6.07, 6.45) is 5.53. The molecule has 1 fully saturated rings. The smallest absolute Gasteiger partial charge is 0.262 e. The van der Waals surface area contributed by atoms with Gasteiger partial charge in [-0.25, -0.2) is 4.39 Å². The van der Waals surface area contributed by atoms with E-state index in [4.69, 9.17) is 9.47 Å². The molecule has 7 nitrogen and oxygen atoms in total. The molecular formula is C25H25FIN3O4. The first kappa shape index (κ1) is 25.5. The molecule has 2 N–H and O–H groups in total. The van der Waals surface area contributed by atoms with E-state index in [9.17, 15) is 19.2 Å². The summed E-state index contributed by atoms with van der Waals surface area (Å²) < 4.78 is 25.1. The Balaban J connectivity index is 1.73. The van der Waals surface area contributed by atoms with Crippen molar-refractivity contribution in [2.75, 3.05) is 18.5 Å². The minimum Gasteiger partial charge on any atom is -0.490 e. The van der Waals surface area contributed by atoms with E-state index in [1.165, 1.54) is 30.3 Å². The van der Waals surface area contributed by atoms with Gasteiger partial charge >= 0.3 is 0 Å². The summed E-state index contributed by atoms with van der Waals surface area (Å²) >= 11 is 2.05. The number of amides is 2. The third-order valence-corrected chi connectivity index (χ3v) is 5.98. The van der Waals surface area contributed by atoms with Crippen molar-refractivity contribution in [1.29, 1.82) is 5.26 Å². The molecule has 178 valence electrons. The third kappa shape index (κ3) is 7.18. The zero-order valence-electron chi connectivity index (χ0n) is 18.7. The van der Waals surface area contributed by atoms with Gasteiger partial charge in [-0.2, -0.15) is 5.26 Å². The second-order valence-corrected chi connectivity index (χ2v) is 8.89. The van der Waals surface area contributed by atoms with Crippen LogP contribution in [0.3, 0.4) is 0 Å². The molecule has 2 aromatic rings. The Bertz CT molecular complexity index is 1110. The van der Waals surface area contributed by atoms with Crippen LogP contribution >= 0.6 is 22.6 Å². The summed E-state index contributed by atoms with van der Waals surface area (Å²) in [6, 6.07) is 10.9. The molecule has 2 aromatic carbocycles. The quantitative estimate of drug-likeness (QED) is 0.253. The van der Waals surface area contributed by atoms with Crippen LogP contribution in [-0.4, -0.2) is 31.1 Å². The highest BCUT2D eigenvalue weighted by Gasteiger charge is 2.20. The van der Waals surface area contributed by atoms with E-state index in [-0.39, 0.29) is 24.1 Å². The number of nitrogens with one attached hydrogen (secondary N) is 2. The van der Waals surface area contributed by atoms with Gasteiger partial charge in [0, 0.05) is 11.7 Å². The standard InChI is InChI=1S/C25H25FIN3O4/c1-2-33-22-13-16(11-17(14-28)25(32)30-19-5-3-4-6-19)12-21(27)24(22)34-15-23(31)29-20-9-7-18(26)8-10-20/h7-13,19H,2-6,15H2,1H3,(H,29,31)(H,30,32)/b17-11-. The summed E-state index contributed by atoms with van der Waals surface area (Å²) in [7, 11) is 0. The maximum Gasteiger partial charge on any atom is 0.262 e. The van der Waals surface area contributed by atoms with Crippen LogP contribution in [0.4, 0.5) is 10.1 Å². The molecule has 3 rings (SSSR count). The van der Waals surface area contributed by atoms with Gasteiger partial charge in [0.2, 0.25) is 0 Å². The number of nitrogens with zero attached hydrogens (tertiary/aromatic N) is 1. The Morgan fingerprint density at radius 3 is 2.56 bits per heavy atom. The van der Waals surface area contributed by atoms with E-state index in [1.807, 2.05) is 13.0 Å². The molecule has 2 amide bonds. The maximum absolute atomic E-state index is 13.0. The number of rotatable bonds is 9. The highest BCUT2D eigenvalue weighted by molar-refractivity contribution is 14.1. The summed E-state index contributed by atoms with van der Waals surface area (Å²) in [6.45, 7) is 1.89. The lowest BCUT2D eigenvalue weighted by Crippen LogP contribution is -2.33. The van der Waals surface area contributed by atoms with Crippen LogP contribution < -0.4 is 20.1 Å². The van der Waals surface area contributed by atoms with Crippen molar-refractivity contribution in [2.45, 2.75) is 38.6 Å². The number of hydrogen-bond donors (Lipinski definition) is 2. The molecule has 1 aliphatic rings. The van der Waals surface area contributed by atoms with Crippen LogP contribution in [0, 0.1) is 20.7 Å². The lowest BCUT2D eigenvalue weighted by Gasteiger charge is -2.15. The van der Waals surface area contributed by atoms with E-state index in [2.05, 4.69) is 33.2 Å². The van der Waals surface area contributed by atoms with Crippen LogP contribution in [0.5, 0.6) is 11.5 Å². The van der Waals surface area contributed by atoms with Gasteiger partial charge in [0.1, 0.15) is 17.5 Å². The molecule has 34 heavy (non-hydrogen) atoms. The Morgan fingerprint density at radius 1 is 1.21 bits per heavy atom. The minimum atomic E-state index is -0.413. The van der Waals surface area contributed by atoms with Gasteiger partial charge in [0.05, 0.1) is 10.2 Å². The molecule has 0 atom stereocenters. The molecule has 0 radical (unpaired) electrons. The Kier molecular flexibility index (Phi) is 9.27. The highest BCUT2D eigenvalue weighted by Crippen LogP contribution is 2.35. The molecule has 0 aliphatic heterocycles. The fraction of sp³-hybridized carbons (Fsp3) is 0.320. The summed E-state index contributed by atoms with van der Waals surface area (Å²) in [4.78, 5) is 24.8. The van der Waals surface area contributed by atoms with Crippen molar-refractivity contribution in [2.24, 2.45) is 0 Å². The van der Waals surface area contributed by atoms with Crippen molar-refractivity contribution in [3.05, 3.63) is 56.9 Å². The van der Waals surface area contributed by atoms with Crippen LogP contribution in [0.2, 0.25) is 0 Å². The van der Waals surface area contributed by atoms with Gasteiger partial charge in [-0.15, -0.1) is 0 Å². The van der Waals surface area contributed by atoms with Crippen LogP contribution in [-0.2, 0) is 9.59 Å². The monoisotopic (exact) mass is 577 g/mol. The fourth-order valence-electron chi connectivity index (χ4n) is 3.59. The summed E-state index contributed by atoms with van der Waals surface area (Å²) in [5.74, 6) is -0.425. The number of carbonyl (C=O) groups excluding carboxylic acids is 2. The fourth-order valence-corrected chi connectivity index (χ4v) is 4.37. The number of nitriles is 1. The number of carbonyl (C=O) groups is 2. The zero-order chi connectivity index (χ0) is 24.5. The summed E-state index contributed by atoms with van der Waals surface area (Å²) in [5.41, 5.74) is 1.07. The number of ether oxygens (including phenoxy) is 2. The van der Waals surface area contributed by atoms with E-state index in [1.54, 1.807) is 12.1 Å². The molecule has 1 aliphatic carbocycles. The van der Waals surface area contributed by atoms with Crippen LogP contribution in [0.15, 0.2) is 42.0 Å². The average molecular weight is 577 g/mol. The SMILES string of the molecule is CCOc1cc(/C=C(/C#N)C(=O)NC2CCCC2)cc(I)c1OCC(=O)Nc1ccc(F)cc1. The van der Waals surface area contributed by atoms with Gasteiger partial charge in [-0.1, -0.05) is 12.8 Å². The van der Waals surface area contributed by atoms with Crippen molar-refractivity contribution >= 4 is 46.2 Å². The Hall–Kier alpha value is -3.13. The van der Waals surface area contributed by atoms with Gasteiger partial charge in [-0.05, 0) is 90.4 Å². The predicted octanol–water partition coefficient (Wildman–Crippen LogP) is 4.81. The topological polar surface area (TPSA) is 100 Å². The zero-order valence-corrected chi connectivity index (χ0v) is 20.9. The predicted molar refractivity (Wildman–Crippen MR) is 135 cm³/mol. The van der Waals surface area contributed by atoms with Crippen molar-refractivity contribution in [3.8, 4) is 17.6 Å². The van der Waals surface area contributed by atoms with Gasteiger partial charge in [0.25, 0.3) is 11.8 Å². The lowest BCUT2D eigenvalue weighted by atomic mass is 10.1. The second kappa shape index (κ2) is 12.4. The first-order chi connectivity index (χ1) is 16.4. The second-order valence-electron chi connectivity index (χ2n) is 7.73. The highest BCUT2D eigenvalue weighted by atomic mass is 127. The van der Waals surface area contributed by atoms with Crippen molar-refractivity contribution in [3.63, 3.8) is 0 Å². The maximum atomic E-state index is 13.0. The Labute approximate surface area is 211 Å². The largest absolute Gasteiger partial charge is 0.490 e. The number of hydrogen-bond acceptors (Lipinski definition) is 5. The van der Waals surface area contributed by atoms with Gasteiger partial charge in [0.15, 0.2) is 18.1 Å². The van der Waals surface area contributed by atoms with Gasteiger partial charge in [-0.3, -0.25) is 9.59 Å². The van der Waals surface area contributed by atoms with Crippen LogP contribution in [0.1, 0.15) is 38.2 Å². The molecule has 9 heteroatoms. The third-order valence-electron chi connectivity index (χ3n) is 5.17. The molecule has 0 bridgehead atoms. The first-order valence-electron chi connectivity index (χ1n) is 11.0. The average Bonchev–Trinajstić information content (AvgIpc) is 3.31.